The number of nitrogens with one attached hydrogen (secondary N) is 1. The number of pyridine rings is 2. The fourth-order valence-corrected chi connectivity index (χ4v) is 3.21. The van der Waals surface area contributed by atoms with Crippen LogP contribution in [0.5, 0.6) is 0 Å². The number of rotatable bonds is 5. The van der Waals surface area contributed by atoms with Crippen LogP contribution in [0.15, 0.2) is 73.2 Å². The Morgan fingerprint density at radius 2 is 1.76 bits per heavy atom. The SMILES string of the molecule is CN(Cc1ccccc1)Cc1c(-c2cccnc2)[nH]c2cccnc12. The highest BCUT2D eigenvalue weighted by molar-refractivity contribution is 5.87. The van der Waals surface area contributed by atoms with Gasteiger partial charge in [-0.2, -0.15) is 0 Å². The zero-order valence-corrected chi connectivity index (χ0v) is 14.2. The van der Waals surface area contributed by atoms with Crippen molar-refractivity contribution in [1.82, 2.24) is 19.9 Å². The van der Waals surface area contributed by atoms with E-state index in [4.69, 9.17) is 0 Å². The number of hydrogen-bond donors (Lipinski definition) is 1. The minimum atomic E-state index is 0.816. The number of benzene rings is 1. The number of aromatic nitrogens is 3. The van der Waals surface area contributed by atoms with Crippen LogP contribution in [0.1, 0.15) is 11.1 Å². The van der Waals surface area contributed by atoms with E-state index in [1.807, 2.05) is 30.6 Å². The molecule has 0 aliphatic rings. The maximum Gasteiger partial charge on any atom is 0.0930 e. The van der Waals surface area contributed by atoms with E-state index >= 15 is 0 Å². The lowest BCUT2D eigenvalue weighted by atomic mass is 10.1. The summed E-state index contributed by atoms with van der Waals surface area (Å²) in [5, 5.41) is 0. The summed E-state index contributed by atoms with van der Waals surface area (Å²) in [6.07, 6.45) is 5.54. The summed E-state index contributed by atoms with van der Waals surface area (Å²) < 4.78 is 0. The Labute approximate surface area is 147 Å². The molecule has 3 aromatic heterocycles. The molecule has 124 valence electrons. The van der Waals surface area contributed by atoms with Gasteiger partial charge >= 0.3 is 0 Å². The molecule has 0 radical (unpaired) electrons. The third kappa shape index (κ3) is 3.30. The third-order valence-corrected chi connectivity index (χ3v) is 4.33. The number of aromatic amines is 1. The zero-order valence-electron chi connectivity index (χ0n) is 14.2. The Morgan fingerprint density at radius 1 is 0.920 bits per heavy atom. The summed E-state index contributed by atoms with van der Waals surface area (Å²) in [6.45, 7) is 1.71. The average molecular weight is 328 g/mol. The van der Waals surface area contributed by atoms with E-state index in [0.29, 0.717) is 0 Å². The van der Waals surface area contributed by atoms with Gasteiger partial charge in [0.05, 0.1) is 16.7 Å². The second-order valence-corrected chi connectivity index (χ2v) is 6.28. The molecule has 1 N–H and O–H groups in total. The number of nitrogens with zero attached hydrogens (tertiary/aromatic N) is 3. The summed E-state index contributed by atoms with van der Waals surface area (Å²) >= 11 is 0. The molecule has 0 bridgehead atoms. The predicted molar refractivity (Wildman–Crippen MR) is 101 cm³/mol. The van der Waals surface area contributed by atoms with Crippen LogP contribution in [0.3, 0.4) is 0 Å². The van der Waals surface area contributed by atoms with Crippen LogP contribution in [0.2, 0.25) is 0 Å². The van der Waals surface area contributed by atoms with Gasteiger partial charge in [0.2, 0.25) is 0 Å². The first-order valence-electron chi connectivity index (χ1n) is 8.40. The first-order chi connectivity index (χ1) is 12.3. The van der Waals surface area contributed by atoms with E-state index in [-0.39, 0.29) is 0 Å². The molecule has 0 unspecified atom stereocenters. The van der Waals surface area contributed by atoms with E-state index in [1.165, 1.54) is 11.1 Å². The minimum Gasteiger partial charge on any atom is -0.353 e. The van der Waals surface area contributed by atoms with Gasteiger partial charge in [-0.15, -0.1) is 0 Å². The Hall–Kier alpha value is -2.98. The van der Waals surface area contributed by atoms with E-state index in [9.17, 15) is 0 Å². The smallest absolute Gasteiger partial charge is 0.0930 e. The summed E-state index contributed by atoms with van der Waals surface area (Å²) in [7, 11) is 2.14. The Bertz CT molecular complexity index is 961. The van der Waals surface area contributed by atoms with Gasteiger partial charge in [0.25, 0.3) is 0 Å². The van der Waals surface area contributed by atoms with Crippen LogP contribution in [-0.4, -0.2) is 26.9 Å². The molecular weight excluding hydrogens is 308 g/mol. The van der Waals surface area contributed by atoms with Gasteiger partial charge in [0, 0.05) is 42.8 Å². The molecule has 0 spiro atoms. The van der Waals surface area contributed by atoms with Crippen LogP contribution in [0.4, 0.5) is 0 Å². The highest BCUT2D eigenvalue weighted by atomic mass is 15.1. The summed E-state index contributed by atoms with van der Waals surface area (Å²) in [5.41, 5.74) is 6.79. The number of hydrogen-bond acceptors (Lipinski definition) is 3. The molecular formula is C21H20N4. The number of fused-ring (bicyclic) bond motifs is 1. The molecule has 0 atom stereocenters. The first kappa shape index (κ1) is 15.5. The lowest BCUT2D eigenvalue weighted by molar-refractivity contribution is 0.320. The normalized spacial score (nSPS) is 11.3. The summed E-state index contributed by atoms with van der Waals surface area (Å²) in [6, 6.07) is 18.6. The molecule has 4 aromatic rings. The fourth-order valence-electron chi connectivity index (χ4n) is 3.21. The molecule has 4 rings (SSSR count). The molecule has 3 heterocycles. The van der Waals surface area contributed by atoms with Crippen LogP contribution in [-0.2, 0) is 13.1 Å². The number of H-pyrrole nitrogens is 1. The van der Waals surface area contributed by atoms with E-state index in [2.05, 4.69) is 63.3 Å². The van der Waals surface area contributed by atoms with Crippen LogP contribution in [0.25, 0.3) is 22.3 Å². The van der Waals surface area contributed by atoms with Gasteiger partial charge in [0.1, 0.15) is 0 Å². The van der Waals surface area contributed by atoms with Gasteiger partial charge in [-0.3, -0.25) is 14.9 Å². The topological polar surface area (TPSA) is 44.8 Å². The molecule has 4 nitrogen and oxygen atoms in total. The predicted octanol–water partition coefficient (Wildman–Crippen LogP) is 4.26. The molecule has 1 aromatic carbocycles. The Morgan fingerprint density at radius 3 is 2.56 bits per heavy atom. The van der Waals surface area contributed by atoms with Gasteiger partial charge < -0.3 is 4.98 Å². The zero-order chi connectivity index (χ0) is 17.1. The van der Waals surface area contributed by atoms with Gasteiger partial charge in [-0.25, -0.2) is 0 Å². The van der Waals surface area contributed by atoms with Crippen molar-refractivity contribution in [3.05, 3.63) is 84.3 Å². The fraction of sp³-hybridized carbons (Fsp3) is 0.143. The second-order valence-electron chi connectivity index (χ2n) is 6.28. The highest BCUT2D eigenvalue weighted by Crippen LogP contribution is 2.29. The van der Waals surface area contributed by atoms with Crippen LogP contribution >= 0.6 is 0 Å². The second kappa shape index (κ2) is 6.87. The van der Waals surface area contributed by atoms with Crippen molar-refractivity contribution >= 4 is 11.0 Å². The largest absolute Gasteiger partial charge is 0.353 e. The first-order valence-corrected chi connectivity index (χ1v) is 8.40. The summed E-state index contributed by atoms with van der Waals surface area (Å²) in [4.78, 5) is 14.7. The molecule has 25 heavy (non-hydrogen) atoms. The van der Waals surface area contributed by atoms with Crippen molar-refractivity contribution in [2.24, 2.45) is 0 Å². The molecule has 0 fully saturated rings. The van der Waals surface area contributed by atoms with Crippen molar-refractivity contribution < 1.29 is 0 Å². The van der Waals surface area contributed by atoms with Crippen molar-refractivity contribution in [3.8, 4) is 11.3 Å². The lowest BCUT2D eigenvalue weighted by Crippen LogP contribution is -2.17. The van der Waals surface area contributed by atoms with Crippen LogP contribution < -0.4 is 0 Å². The van der Waals surface area contributed by atoms with Gasteiger partial charge in [0.15, 0.2) is 0 Å². The van der Waals surface area contributed by atoms with Gasteiger partial charge in [-0.1, -0.05) is 30.3 Å². The third-order valence-electron chi connectivity index (χ3n) is 4.33. The van der Waals surface area contributed by atoms with Crippen molar-refractivity contribution in [2.75, 3.05) is 7.05 Å². The molecule has 0 amide bonds. The van der Waals surface area contributed by atoms with Crippen LogP contribution in [0, 0.1) is 0 Å². The standard InChI is InChI=1S/C21H20N4/c1-25(14-16-7-3-2-4-8-16)15-18-20(17-9-5-11-22-13-17)24-19-10-6-12-23-21(18)19/h2-13,24H,14-15H2,1H3. The maximum atomic E-state index is 4.61. The maximum absolute atomic E-state index is 4.61. The van der Waals surface area contributed by atoms with E-state index in [0.717, 1.165) is 35.4 Å². The monoisotopic (exact) mass is 328 g/mol. The quantitative estimate of drug-likeness (QED) is 0.595. The summed E-state index contributed by atoms with van der Waals surface area (Å²) in [5.74, 6) is 0. The lowest BCUT2D eigenvalue weighted by Gasteiger charge is -2.17. The van der Waals surface area contributed by atoms with Crippen molar-refractivity contribution in [3.63, 3.8) is 0 Å². The molecule has 0 aliphatic carbocycles. The van der Waals surface area contributed by atoms with Crippen molar-refractivity contribution in [2.45, 2.75) is 13.1 Å². The Kier molecular flexibility index (Phi) is 4.27. The van der Waals surface area contributed by atoms with Gasteiger partial charge in [-0.05, 0) is 36.9 Å². The molecule has 0 saturated heterocycles. The van der Waals surface area contributed by atoms with Crippen molar-refractivity contribution in [1.29, 1.82) is 0 Å². The molecule has 0 aliphatic heterocycles. The van der Waals surface area contributed by atoms with E-state index < -0.39 is 0 Å². The van der Waals surface area contributed by atoms with E-state index in [1.54, 1.807) is 6.20 Å². The average Bonchev–Trinajstić information content (AvgIpc) is 3.02. The highest BCUT2D eigenvalue weighted by Gasteiger charge is 2.16. The molecule has 4 heteroatoms. The minimum absolute atomic E-state index is 0.816. The Balaban J connectivity index is 1.70. The molecule has 0 saturated carbocycles.